The van der Waals surface area contributed by atoms with Gasteiger partial charge in [-0.3, -0.25) is 9.69 Å². The van der Waals surface area contributed by atoms with Crippen LogP contribution in [-0.2, 0) is 4.79 Å². The van der Waals surface area contributed by atoms with Crippen molar-refractivity contribution in [3.8, 4) is 0 Å². The van der Waals surface area contributed by atoms with Gasteiger partial charge in [-0.1, -0.05) is 35.0 Å². The lowest BCUT2D eigenvalue weighted by Crippen LogP contribution is -2.59. The number of likely N-dealkylation sites (tertiary alicyclic amines) is 1. The molecular formula is C18H24Cl2N4O3S2. The SMILES string of the molecule is CSCC1CN(C2(C)NC=C(C(=O)O)S2)CCC1NC(=O)c1[nH]c(C)c(Cl)c1Cl. The smallest absolute Gasteiger partial charge is 0.343 e. The fraction of sp³-hybridized carbons (Fsp3) is 0.556. The molecule has 1 fully saturated rings. The number of aliphatic carboxylic acids is 1. The Morgan fingerprint density at radius 1 is 1.45 bits per heavy atom. The number of aryl methyl sites for hydroxylation is 1. The van der Waals surface area contributed by atoms with Crippen molar-refractivity contribution in [2.24, 2.45) is 5.92 Å². The number of carbonyl (C=O) groups is 2. The van der Waals surface area contributed by atoms with E-state index in [1.54, 1.807) is 24.9 Å². The van der Waals surface area contributed by atoms with Crippen molar-refractivity contribution >= 4 is 58.6 Å². The predicted octanol–water partition coefficient (Wildman–Crippen LogP) is 3.35. The van der Waals surface area contributed by atoms with E-state index in [1.165, 1.54) is 11.8 Å². The summed E-state index contributed by atoms with van der Waals surface area (Å²) in [7, 11) is 0. The van der Waals surface area contributed by atoms with Gasteiger partial charge in [0.1, 0.15) is 15.6 Å². The van der Waals surface area contributed by atoms with E-state index in [9.17, 15) is 14.7 Å². The average molecular weight is 479 g/mol. The zero-order valence-electron chi connectivity index (χ0n) is 16.3. The van der Waals surface area contributed by atoms with Crippen LogP contribution in [0.1, 0.15) is 29.5 Å². The summed E-state index contributed by atoms with van der Waals surface area (Å²) in [6.45, 7) is 5.22. The summed E-state index contributed by atoms with van der Waals surface area (Å²) in [6, 6.07) is -0.00782. The van der Waals surface area contributed by atoms with Crippen LogP contribution in [-0.4, -0.2) is 63.0 Å². The third kappa shape index (κ3) is 4.69. The number of halogens is 2. The number of thioether (sulfide) groups is 2. The Hall–Kier alpha value is -1.00. The second-order valence-corrected chi connectivity index (χ2v) is 10.4. The van der Waals surface area contributed by atoms with Gasteiger partial charge in [-0.15, -0.1) is 0 Å². The number of hydrogen-bond acceptors (Lipinski definition) is 6. The standard InChI is InChI=1S/C18H24Cl2N4O3S2/c1-9-13(19)14(20)15(22-9)16(25)23-11-4-5-24(7-10(11)8-28-3)18(2)21-6-12(29-18)17(26)27/h6,10-11,21-22H,4-5,7-8H2,1-3H3,(H,23,25)(H,26,27). The molecule has 160 valence electrons. The van der Waals surface area contributed by atoms with E-state index in [4.69, 9.17) is 23.2 Å². The van der Waals surface area contributed by atoms with Gasteiger partial charge in [-0.2, -0.15) is 11.8 Å². The van der Waals surface area contributed by atoms with Gasteiger partial charge in [-0.25, -0.2) is 4.79 Å². The summed E-state index contributed by atoms with van der Waals surface area (Å²) in [5.74, 6) is -0.101. The van der Waals surface area contributed by atoms with Crippen LogP contribution in [0, 0.1) is 12.8 Å². The van der Waals surface area contributed by atoms with Gasteiger partial charge in [0.05, 0.1) is 10.0 Å². The molecule has 0 radical (unpaired) electrons. The Kier molecular flexibility index (Phi) is 7.05. The van der Waals surface area contributed by atoms with Crippen molar-refractivity contribution in [3.63, 3.8) is 0 Å². The molecule has 3 unspecified atom stereocenters. The summed E-state index contributed by atoms with van der Waals surface area (Å²) in [4.78, 5) is 29.0. The molecule has 0 aliphatic carbocycles. The number of amides is 1. The van der Waals surface area contributed by atoms with Crippen LogP contribution in [0.15, 0.2) is 11.1 Å². The Bertz CT molecular complexity index is 847. The van der Waals surface area contributed by atoms with Crippen LogP contribution < -0.4 is 10.6 Å². The fourth-order valence-corrected chi connectivity index (χ4v) is 5.92. The maximum atomic E-state index is 12.8. The molecule has 3 atom stereocenters. The number of aromatic amines is 1. The first-order valence-electron chi connectivity index (χ1n) is 9.15. The van der Waals surface area contributed by atoms with Crippen LogP contribution in [0.3, 0.4) is 0 Å². The highest BCUT2D eigenvalue weighted by Crippen LogP contribution is 2.40. The highest BCUT2D eigenvalue weighted by atomic mass is 35.5. The topological polar surface area (TPSA) is 97.5 Å². The molecule has 29 heavy (non-hydrogen) atoms. The molecule has 3 rings (SSSR count). The molecule has 11 heteroatoms. The number of carboxylic acid groups (broad SMARTS) is 1. The second kappa shape index (κ2) is 9.01. The highest BCUT2D eigenvalue weighted by molar-refractivity contribution is 8.05. The van der Waals surface area contributed by atoms with E-state index in [0.717, 1.165) is 25.3 Å². The molecule has 7 nitrogen and oxygen atoms in total. The lowest BCUT2D eigenvalue weighted by Gasteiger charge is -2.46. The zero-order chi connectivity index (χ0) is 21.3. The average Bonchev–Trinajstić information content (AvgIpc) is 3.20. The predicted molar refractivity (Wildman–Crippen MR) is 120 cm³/mol. The molecule has 1 amide bonds. The van der Waals surface area contributed by atoms with Crippen molar-refractivity contribution in [3.05, 3.63) is 32.5 Å². The van der Waals surface area contributed by atoms with Gasteiger partial charge < -0.3 is 20.7 Å². The molecule has 0 aromatic carbocycles. The fourth-order valence-electron chi connectivity index (χ4n) is 3.70. The molecule has 1 aromatic heterocycles. The van der Waals surface area contributed by atoms with E-state index in [-0.39, 0.29) is 28.6 Å². The first-order chi connectivity index (χ1) is 13.7. The van der Waals surface area contributed by atoms with E-state index in [2.05, 4.69) is 20.5 Å². The number of aromatic nitrogens is 1. The van der Waals surface area contributed by atoms with Crippen LogP contribution in [0.5, 0.6) is 0 Å². The Morgan fingerprint density at radius 3 is 2.72 bits per heavy atom. The lowest BCUT2D eigenvalue weighted by molar-refractivity contribution is -0.131. The minimum Gasteiger partial charge on any atom is -0.477 e. The number of nitrogens with one attached hydrogen (secondary N) is 3. The molecule has 4 N–H and O–H groups in total. The quantitative estimate of drug-likeness (QED) is 0.497. The number of piperidine rings is 1. The summed E-state index contributed by atoms with van der Waals surface area (Å²) < 4.78 is 0. The first kappa shape index (κ1) is 22.7. The molecular weight excluding hydrogens is 455 g/mol. The van der Waals surface area contributed by atoms with E-state index in [0.29, 0.717) is 15.6 Å². The van der Waals surface area contributed by atoms with Crippen molar-refractivity contribution < 1.29 is 14.7 Å². The number of carbonyl (C=O) groups excluding carboxylic acids is 1. The second-order valence-electron chi connectivity index (χ2n) is 7.33. The van der Waals surface area contributed by atoms with Gasteiger partial charge in [-0.05, 0) is 32.3 Å². The van der Waals surface area contributed by atoms with Gasteiger partial charge in [0, 0.05) is 36.9 Å². The molecule has 2 aliphatic heterocycles. The molecule has 3 heterocycles. The Morgan fingerprint density at radius 2 is 2.17 bits per heavy atom. The van der Waals surface area contributed by atoms with Crippen LogP contribution in [0.2, 0.25) is 10.0 Å². The maximum Gasteiger partial charge on any atom is 0.343 e. The normalized spacial score (nSPS) is 27.4. The van der Waals surface area contributed by atoms with E-state index >= 15 is 0 Å². The summed E-state index contributed by atoms with van der Waals surface area (Å²) >= 11 is 15.3. The largest absolute Gasteiger partial charge is 0.477 e. The molecule has 2 aliphatic rings. The number of H-pyrrole nitrogens is 1. The zero-order valence-corrected chi connectivity index (χ0v) is 19.5. The Labute approximate surface area is 188 Å². The maximum absolute atomic E-state index is 12.8. The number of hydrogen-bond donors (Lipinski definition) is 4. The van der Waals surface area contributed by atoms with Crippen LogP contribution in [0.4, 0.5) is 0 Å². The third-order valence-electron chi connectivity index (χ3n) is 5.31. The first-order valence-corrected chi connectivity index (χ1v) is 12.1. The lowest BCUT2D eigenvalue weighted by atomic mass is 9.93. The van der Waals surface area contributed by atoms with Crippen molar-refractivity contribution in [2.45, 2.75) is 31.3 Å². The van der Waals surface area contributed by atoms with E-state index < -0.39 is 11.0 Å². The number of carboxylic acids is 1. The molecule has 0 bridgehead atoms. The number of rotatable bonds is 6. The van der Waals surface area contributed by atoms with E-state index in [1.807, 2.05) is 13.2 Å². The van der Waals surface area contributed by atoms with Gasteiger partial charge in [0.2, 0.25) is 0 Å². The third-order valence-corrected chi connectivity index (χ3v) is 8.30. The van der Waals surface area contributed by atoms with Crippen molar-refractivity contribution in [2.75, 3.05) is 25.1 Å². The molecule has 0 saturated carbocycles. The summed E-state index contributed by atoms with van der Waals surface area (Å²) in [5, 5.41) is 16.2. The van der Waals surface area contributed by atoms with Gasteiger partial charge in [0.15, 0.2) is 0 Å². The number of nitrogens with zero attached hydrogens (tertiary/aromatic N) is 1. The summed E-state index contributed by atoms with van der Waals surface area (Å²) in [5.41, 5.74) is 0.950. The molecule has 1 aromatic rings. The minimum atomic E-state index is -0.925. The monoisotopic (exact) mass is 478 g/mol. The van der Waals surface area contributed by atoms with Crippen molar-refractivity contribution in [1.82, 2.24) is 20.5 Å². The van der Waals surface area contributed by atoms with Crippen LogP contribution in [0.25, 0.3) is 0 Å². The van der Waals surface area contributed by atoms with Crippen molar-refractivity contribution in [1.29, 1.82) is 0 Å². The molecule has 0 spiro atoms. The Balaban J connectivity index is 1.68. The van der Waals surface area contributed by atoms with Crippen LogP contribution >= 0.6 is 46.7 Å². The highest BCUT2D eigenvalue weighted by Gasteiger charge is 2.43. The molecule has 1 saturated heterocycles. The van der Waals surface area contributed by atoms with Gasteiger partial charge in [0.25, 0.3) is 5.91 Å². The summed E-state index contributed by atoms with van der Waals surface area (Å²) in [6.07, 6.45) is 4.35. The minimum absolute atomic E-state index is 0.00782. The van der Waals surface area contributed by atoms with Gasteiger partial charge >= 0.3 is 5.97 Å².